The molecular weight excluding hydrogens is 1180 g/mol. The van der Waals surface area contributed by atoms with Crippen molar-refractivity contribution in [2.75, 3.05) is 0 Å². The second kappa shape index (κ2) is 27.5. The number of aromatic nitrogens is 4. The Morgan fingerprint density at radius 3 is 0.988 bits per heavy atom. The first kappa shape index (κ1) is 57.1. The molecule has 0 aliphatic carbocycles. The van der Waals surface area contributed by atoms with E-state index in [1.165, 1.54) is 43.4 Å². The van der Waals surface area contributed by atoms with E-state index in [0.29, 0.717) is 0 Å². The van der Waals surface area contributed by atoms with Crippen LogP contribution in [-0.4, -0.2) is 19.1 Å². The Balaban J connectivity index is 0.000000149. The third kappa shape index (κ3) is 13.1. The Hall–Kier alpha value is -9.17. The summed E-state index contributed by atoms with van der Waals surface area (Å²) in [6, 6.07) is 91.9. The number of para-hydroxylation sites is 2. The van der Waals surface area contributed by atoms with Crippen LogP contribution in [-0.2, 0) is 38.9 Å². The van der Waals surface area contributed by atoms with Gasteiger partial charge < -0.3 is 19.8 Å². The molecule has 0 radical (unpaired) electrons. The fraction of sp³-hybridized carbons (Fsp3) is 0.105. The fourth-order valence-electron chi connectivity index (χ4n) is 10.6. The van der Waals surface area contributed by atoms with Gasteiger partial charge in [-0.15, -0.1) is 47.0 Å². The normalized spacial score (nSPS) is 10.8. The zero-order valence-corrected chi connectivity index (χ0v) is 50.8. The van der Waals surface area contributed by atoms with Crippen molar-refractivity contribution in [2.24, 2.45) is 0 Å². The number of rotatable bonds is 12. The first-order valence-electron chi connectivity index (χ1n) is 28.5. The van der Waals surface area contributed by atoms with Crippen LogP contribution in [0.3, 0.4) is 0 Å². The summed E-state index contributed by atoms with van der Waals surface area (Å²) in [5.41, 5.74) is 12.4. The van der Waals surface area contributed by atoms with Gasteiger partial charge in [0.15, 0.2) is 0 Å². The van der Waals surface area contributed by atoms with Gasteiger partial charge in [0, 0.05) is 24.2 Å². The summed E-state index contributed by atoms with van der Waals surface area (Å²) in [4.78, 5) is 10.5. The molecule has 0 aliphatic rings. The molecule has 14 rings (SSSR count). The first-order chi connectivity index (χ1) is 40.4. The topological polar surface area (TPSA) is 63.8 Å². The summed E-state index contributed by atoms with van der Waals surface area (Å²) in [6.07, 6.45) is 4.48. The van der Waals surface area contributed by atoms with Crippen LogP contribution in [0.15, 0.2) is 267 Å². The molecule has 2 heterocycles. The van der Waals surface area contributed by atoms with Crippen molar-refractivity contribution in [1.29, 1.82) is 0 Å². The molecule has 7 heteroatoms. The van der Waals surface area contributed by atoms with Crippen molar-refractivity contribution in [1.82, 2.24) is 19.1 Å². The van der Waals surface area contributed by atoms with Gasteiger partial charge in [0.2, 0.25) is 0 Å². The minimum absolute atomic E-state index is 0. The van der Waals surface area contributed by atoms with Crippen molar-refractivity contribution >= 4 is 87.9 Å². The van der Waals surface area contributed by atoms with Crippen LogP contribution < -0.4 is 0 Å². The van der Waals surface area contributed by atoms with Crippen LogP contribution in [0.5, 0.6) is 0 Å². The summed E-state index contributed by atoms with van der Waals surface area (Å²) in [6.45, 7) is 13.8. The van der Waals surface area contributed by atoms with E-state index < -0.39 is 0 Å². The minimum atomic E-state index is 0. The molecule has 0 bridgehead atoms. The van der Waals surface area contributed by atoms with Gasteiger partial charge in [-0.05, 0) is 68.1 Å². The molecule has 0 amide bonds. The summed E-state index contributed by atoms with van der Waals surface area (Å²) in [5.74, 6) is 2.03. The maximum Gasteiger partial charge on any atom is 4.00 e. The molecule has 14 aromatic rings. The average Bonchev–Trinajstić information content (AvgIpc) is 4.23. The molecule has 0 unspecified atom stereocenters. The SMILES string of the molecule is CCCCn1c(-c2cccc3ccccc23)nc2c([N-]c3cccc4ccccc34)cccc21.CCCCn1c(-c2cccc3ccccc23)nc2c([N-]c3cccc4ccccc34)cccc21.[CH2-]c1ccccc1.[CH2-]c1ccccc1.[Hf+4]. The molecule has 0 atom stereocenters. The predicted octanol–water partition coefficient (Wildman–Crippen LogP) is 22.0. The van der Waals surface area contributed by atoms with Crippen LogP contribution in [0.25, 0.3) is 98.6 Å². The largest absolute Gasteiger partial charge is 4.00 e. The van der Waals surface area contributed by atoms with E-state index in [2.05, 4.69) is 243 Å². The van der Waals surface area contributed by atoms with E-state index in [9.17, 15) is 0 Å². The van der Waals surface area contributed by atoms with Crippen LogP contribution in [0.2, 0.25) is 0 Å². The van der Waals surface area contributed by atoms with E-state index in [4.69, 9.17) is 20.6 Å². The van der Waals surface area contributed by atoms with E-state index in [-0.39, 0.29) is 25.8 Å². The van der Waals surface area contributed by atoms with Gasteiger partial charge in [0.05, 0.1) is 22.1 Å². The third-order valence-electron chi connectivity index (χ3n) is 14.7. The number of benzene rings is 12. The molecule has 12 aromatic carbocycles. The van der Waals surface area contributed by atoms with E-state index in [1.807, 2.05) is 60.7 Å². The van der Waals surface area contributed by atoms with Gasteiger partial charge >= 0.3 is 25.8 Å². The zero-order chi connectivity index (χ0) is 56.0. The van der Waals surface area contributed by atoms with E-state index in [1.54, 1.807) is 0 Å². The van der Waals surface area contributed by atoms with Gasteiger partial charge in [-0.3, -0.25) is 0 Å². The molecule has 2 aromatic heterocycles. The second-order valence-corrected chi connectivity index (χ2v) is 20.4. The molecule has 0 saturated heterocycles. The van der Waals surface area contributed by atoms with Crippen molar-refractivity contribution in [3.63, 3.8) is 0 Å². The summed E-state index contributed by atoms with van der Waals surface area (Å²) in [7, 11) is 0. The number of fused-ring (bicyclic) bond motifs is 6. The Bertz CT molecular complexity index is 4110. The quantitative estimate of drug-likeness (QED) is 0.0904. The molecule has 404 valence electrons. The average molecular weight is 1240 g/mol. The Labute approximate surface area is 507 Å². The molecule has 0 saturated carbocycles. The van der Waals surface area contributed by atoms with Crippen molar-refractivity contribution in [3.8, 4) is 22.8 Å². The number of nitrogens with zero attached hydrogens (tertiary/aromatic N) is 6. The Morgan fingerprint density at radius 2 is 0.627 bits per heavy atom. The number of aryl methyl sites for hydroxylation is 2. The molecule has 0 fully saturated rings. The molecule has 83 heavy (non-hydrogen) atoms. The number of hydrogen-bond donors (Lipinski definition) is 0. The van der Waals surface area contributed by atoms with Gasteiger partial charge in [-0.25, -0.2) is 9.97 Å². The third-order valence-corrected chi connectivity index (χ3v) is 14.7. The van der Waals surface area contributed by atoms with Crippen molar-refractivity contribution in [2.45, 2.75) is 52.6 Å². The maximum absolute atomic E-state index is 5.23. The number of imidazole rings is 2. The number of unbranched alkanes of at least 4 members (excludes halogenated alkanes) is 2. The maximum atomic E-state index is 5.23. The smallest absolute Gasteiger partial charge is 0.656 e. The monoisotopic (exact) mass is 1240 g/mol. The fourth-order valence-corrected chi connectivity index (χ4v) is 10.6. The molecule has 0 spiro atoms. The van der Waals surface area contributed by atoms with Crippen LogP contribution >= 0.6 is 0 Å². The van der Waals surface area contributed by atoms with E-state index in [0.717, 1.165) is 117 Å². The standard InChI is InChI=1S/2C31H26N3.2C7H7.Hf/c2*1-2-3-21-34-29-20-10-19-28(32-27-18-9-14-23-12-5-7-16-25(23)27)30(29)33-31(34)26-17-8-13-22-11-4-6-15-24(22)26;2*1-7-5-3-2-4-6-7;/h2*4-20H,2-3,21H2,1H3;2*2-6H,1H2;/q4*-1;+4. The van der Waals surface area contributed by atoms with Gasteiger partial charge in [-0.2, -0.15) is 49.2 Å². The zero-order valence-electron chi connectivity index (χ0n) is 47.2. The van der Waals surface area contributed by atoms with Crippen molar-refractivity contribution in [3.05, 3.63) is 303 Å². The van der Waals surface area contributed by atoms with Gasteiger partial charge in [0.1, 0.15) is 11.6 Å². The van der Waals surface area contributed by atoms with E-state index >= 15 is 0 Å². The summed E-state index contributed by atoms with van der Waals surface area (Å²) >= 11 is 0. The molecule has 0 aliphatic heterocycles. The molecule has 6 nitrogen and oxygen atoms in total. The summed E-state index contributed by atoms with van der Waals surface area (Å²) in [5, 5.41) is 19.8. The number of hydrogen-bond acceptors (Lipinski definition) is 2. The minimum Gasteiger partial charge on any atom is -0.656 e. The predicted molar refractivity (Wildman–Crippen MR) is 350 cm³/mol. The van der Waals surface area contributed by atoms with Crippen LogP contribution in [0.4, 0.5) is 22.7 Å². The van der Waals surface area contributed by atoms with Crippen LogP contribution in [0, 0.1) is 13.8 Å². The first-order valence-corrected chi connectivity index (χ1v) is 28.5. The van der Waals surface area contributed by atoms with Gasteiger partial charge in [-0.1, -0.05) is 233 Å². The molecule has 0 N–H and O–H groups in total. The van der Waals surface area contributed by atoms with Crippen molar-refractivity contribution < 1.29 is 25.8 Å². The Kier molecular flexibility index (Phi) is 18.9. The molecular formula is C76H66HfN6. The van der Waals surface area contributed by atoms with Crippen LogP contribution in [0.1, 0.15) is 50.7 Å². The summed E-state index contributed by atoms with van der Waals surface area (Å²) < 4.78 is 4.76. The second-order valence-electron chi connectivity index (χ2n) is 20.4. The Morgan fingerprint density at radius 1 is 0.325 bits per heavy atom. The van der Waals surface area contributed by atoms with Gasteiger partial charge in [0.25, 0.3) is 0 Å².